The van der Waals surface area contributed by atoms with Gasteiger partial charge in [0.05, 0.1) is 16.7 Å². The number of thiophene rings is 1. The molecule has 56 heavy (non-hydrogen) atoms. The Kier molecular flexibility index (Phi) is 7.64. The fourth-order valence-corrected chi connectivity index (χ4v) is 9.27. The first kappa shape index (κ1) is 32.2. The molecule has 4 nitrogen and oxygen atoms in total. The van der Waals surface area contributed by atoms with Gasteiger partial charge in [-0.3, -0.25) is 0 Å². The molecule has 0 aliphatic rings. The van der Waals surface area contributed by atoms with Crippen LogP contribution in [0.4, 0.5) is 0 Å². The van der Waals surface area contributed by atoms with E-state index in [9.17, 15) is 0 Å². The highest BCUT2D eigenvalue weighted by atomic mass is 32.1. The highest BCUT2D eigenvalue weighted by Crippen LogP contribution is 2.45. The zero-order valence-electron chi connectivity index (χ0n) is 30.2. The number of benzene rings is 8. The fourth-order valence-electron chi connectivity index (χ4n) is 8.14. The second-order valence-electron chi connectivity index (χ2n) is 14.0. The monoisotopic (exact) mass is 732 g/mol. The van der Waals surface area contributed by atoms with Crippen molar-refractivity contribution in [3.05, 3.63) is 194 Å². The van der Waals surface area contributed by atoms with Crippen LogP contribution in [0.3, 0.4) is 0 Å². The highest BCUT2D eigenvalue weighted by molar-refractivity contribution is 7.25. The van der Waals surface area contributed by atoms with Crippen molar-refractivity contribution < 1.29 is 0 Å². The third-order valence-electron chi connectivity index (χ3n) is 10.7. The molecule has 0 N–H and O–H groups in total. The lowest BCUT2D eigenvalue weighted by atomic mass is 9.96. The molecule has 8 aromatic carbocycles. The van der Waals surface area contributed by atoms with E-state index in [1.165, 1.54) is 47.6 Å². The van der Waals surface area contributed by atoms with Crippen molar-refractivity contribution in [1.82, 2.24) is 19.5 Å². The van der Waals surface area contributed by atoms with E-state index in [0.717, 1.165) is 39.0 Å². The molecule has 0 fully saturated rings. The maximum atomic E-state index is 5.10. The largest absolute Gasteiger partial charge is 0.308 e. The number of fused-ring (bicyclic) bond motifs is 6. The van der Waals surface area contributed by atoms with E-state index in [4.69, 9.17) is 15.0 Å². The summed E-state index contributed by atoms with van der Waals surface area (Å²) in [4.78, 5) is 15.2. The molecular weight excluding hydrogens is 701 g/mol. The standard InChI is InChI=1S/C51H32N4S/c1-4-16-33(17-5-1)42-32-36(51-53-49(34-18-6-2-7-19-34)52-50(54-51)35-20-8-3-9-21-35)30-31-44(42)55-43-27-12-10-22-37(43)39-25-14-26-40(48(39)55)38-24-15-29-46-47(38)41-23-11-13-28-45(41)56-46/h1-32H. The van der Waals surface area contributed by atoms with Gasteiger partial charge in [0, 0.05) is 58.8 Å². The van der Waals surface area contributed by atoms with Gasteiger partial charge in [-0.1, -0.05) is 158 Å². The highest BCUT2D eigenvalue weighted by Gasteiger charge is 2.22. The summed E-state index contributed by atoms with van der Waals surface area (Å²) in [5.41, 5.74) is 10.9. The maximum absolute atomic E-state index is 5.10. The maximum Gasteiger partial charge on any atom is 0.164 e. The minimum Gasteiger partial charge on any atom is -0.308 e. The van der Waals surface area contributed by atoms with E-state index in [0.29, 0.717) is 17.5 Å². The molecule has 0 bridgehead atoms. The van der Waals surface area contributed by atoms with Crippen LogP contribution in [0.2, 0.25) is 0 Å². The second-order valence-corrected chi connectivity index (χ2v) is 15.1. The van der Waals surface area contributed by atoms with Gasteiger partial charge in [-0.2, -0.15) is 0 Å². The van der Waals surface area contributed by atoms with Crippen LogP contribution >= 0.6 is 11.3 Å². The zero-order chi connectivity index (χ0) is 37.0. The first-order chi connectivity index (χ1) is 27.8. The van der Waals surface area contributed by atoms with Crippen molar-refractivity contribution in [2.45, 2.75) is 0 Å². The minimum atomic E-state index is 0.625. The average Bonchev–Trinajstić information content (AvgIpc) is 3.83. The van der Waals surface area contributed by atoms with Crippen molar-refractivity contribution in [3.8, 4) is 62.1 Å². The zero-order valence-corrected chi connectivity index (χ0v) is 31.0. The van der Waals surface area contributed by atoms with Crippen LogP contribution in [0, 0.1) is 0 Å². The minimum absolute atomic E-state index is 0.625. The lowest BCUT2D eigenvalue weighted by molar-refractivity contribution is 1.07. The molecule has 0 aliphatic carbocycles. The molecule has 11 rings (SSSR count). The van der Waals surface area contributed by atoms with Crippen molar-refractivity contribution in [1.29, 1.82) is 0 Å². The number of hydrogen-bond acceptors (Lipinski definition) is 4. The summed E-state index contributed by atoms with van der Waals surface area (Å²) in [5, 5.41) is 5.02. The normalized spacial score (nSPS) is 11.6. The molecule has 0 radical (unpaired) electrons. The van der Waals surface area contributed by atoms with E-state index in [1.807, 2.05) is 72.0 Å². The van der Waals surface area contributed by atoms with Gasteiger partial charge in [-0.05, 0) is 47.5 Å². The molecule has 0 amide bonds. The topological polar surface area (TPSA) is 43.6 Å². The van der Waals surface area contributed by atoms with Crippen LogP contribution in [-0.2, 0) is 0 Å². The van der Waals surface area contributed by atoms with E-state index in [1.54, 1.807) is 0 Å². The van der Waals surface area contributed by atoms with Crippen LogP contribution < -0.4 is 0 Å². The first-order valence-corrected chi connectivity index (χ1v) is 19.6. The number of nitrogens with zero attached hydrogens (tertiary/aromatic N) is 4. The van der Waals surface area contributed by atoms with Gasteiger partial charge in [0.25, 0.3) is 0 Å². The van der Waals surface area contributed by atoms with Crippen LogP contribution in [0.15, 0.2) is 194 Å². The van der Waals surface area contributed by atoms with Gasteiger partial charge in [0.2, 0.25) is 0 Å². The number of para-hydroxylation sites is 2. The Morgan fingerprint density at radius 3 is 1.61 bits per heavy atom. The summed E-state index contributed by atoms with van der Waals surface area (Å²) in [6.07, 6.45) is 0. The molecule has 11 aromatic rings. The van der Waals surface area contributed by atoms with Crippen molar-refractivity contribution in [3.63, 3.8) is 0 Å². The lowest BCUT2D eigenvalue weighted by Crippen LogP contribution is -2.02. The molecule has 0 aliphatic heterocycles. The predicted octanol–water partition coefficient (Wildman–Crippen LogP) is 13.7. The Hall–Kier alpha value is -7.21. The molecule has 262 valence electrons. The third-order valence-corrected chi connectivity index (χ3v) is 11.8. The molecule has 0 atom stereocenters. The summed E-state index contributed by atoms with van der Waals surface area (Å²) in [6, 6.07) is 68.6. The molecular formula is C51H32N4S. The molecule has 0 spiro atoms. The third kappa shape index (κ3) is 5.32. The summed E-state index contributed by atoms with van der Waals surface area (Å²) in [6.45, 7) is 0. The Labute approximate surface area is 327 Å². The average molecular weight is 733 g/mol. The van der Waals surface area contributed by atoms with E-state index < -0.39 is 0 Å². The predicted molar refractivity (Wildman–Crippen MR) is 234 cm³/mol. The van der Waals surface area contributed by atoms with Gasteiger partial charge in [-0.25, -0.2) is 15.0 Å². The van der Waals surface area contributed by atoms with Gasteiger partial charge in [-0.15, -0.1) is 11.3 Å². The summed E-state index contributed by atoms with van der Waals surface area (Å²) in [7, 11) is 0. The van der Waals surface area contributed by atoms with Gasteiger partial charge in [0.15, 0.2) is 17.5 Å². The van der Waals surface area contributed by atoms with Crippen LogP contribution in [0.25, 0.3) is 104 Å². The summed E-state index contributed by atoms with van der Waals surface area (Å²) >= 11 is 1.86. The van der Waals surface area contributed by atoms with Crippen molar-refractivity contribution >= 4 is 53.3 Å². The summed E-state index contributed by atoms with van der Waals surface area (Å²) < 4.78 is 5.06. The van der Waals surface area contributed by atoms with E-state index >= 15 is 0 Å². The van der Waals surface area contributed by atoms with E-state index in [2.05, 4.69) is 138 Å². The molecule has 0 saturated heterocycles. The number of aromatic nitrogens is 4. The SMILES string of the molecule is c1ccc(-c2nc(-c3ccccc3)nc(-c3ccc(-n4c5ccccc5c5cccc(-c6cccc7sc8ccccc8c67)c54)c(-c4ccccc4)c3)n2)cc1. The summed E-state index contributed by atoms with van der Waals surface area (Å²) in [5.74, 6) is 1.91. The number of hydrogen-bond donors (Lipinski definition) is 0. The Morgan fingerprint density at radius 1 is 0.357 bits per heavy atom. The van der Waals surface area contributed by atoms with Crippen molar-refractivity contribution in [2.24, 2.45) is 0 Å². The smallest absolute Gasteiger partial charge is 0.164 e. The van der Waals surface area contributed by atoms with E-state index in [-0.39, 0.29) is 0 Å². The van der Waals surface area contributed by atoms with Gasteiger partial charge in [0.1, 0.15) is 0 Å². The molecule has 3 heterocycles. The van der Waals surface area contributed by atoms with Crippen molar-refractivity contribution in [2.75, 3.05) is 0 Å². The Balaban J connectivity index is 1.19. The first-order valence-electron chi connectivity index (χ1n) is 18.8. The molecule has 3 aromatic heterocycles. The fraction of sp³-hybridized carbons (Fsp3) is 0. The lowest BCUT2D eigenvalue weighted by Gasteiger charge is -2.18. The Morgan fingerprint density at radius 2 is 0.893 bits per heavy atom. The van der Waals surface area contributed by atoms with Gasteiger partial charge < -0.3 is 4.57 Å². The number of rotatable bonds is 6. The molecule has 0 saturated carbocycles. The second kappa shape index (κ2) is 13.3. The quantitative estimate of drug-likeness (QED) is 0.171. The van der Waals surface area contributed by atoms with Gasteiger partial charge >= 0.3 is 0 Å². The Bertz CT molecular complexity index is 3180. The molecule has 0 unspecified atom stereocenters. The van der Waals surface area contributed by atoms with Crippen LogP contribution in [-0.4, -0.2) is 19.5 Å². The molecule has 5 heteroatoms. The van der Waals surface area contributed by atoms with Crippen LogP contribution in [0.5, 0.6) is 0 Å². The van der Waals surface area contributed by atoms with Crippen LogP contribution in [0.1, 0.15) is 0 Å².